The molecule has 1 heterocycles. The fourth-order valence-electron chi connectivity index (χ4n) is 1.00. The molecule has 0 fully saturated rings. The fourth-order valence-corrected chi connectivity index (χ4v) is 1.64. The zero-order chi connectivity index (χ0) is 6.81. The first-order chi connectivity index (χ1) is 4.97. The number of aliphatic imine (C=N–C) groups is 1. The van der Waals surface area contributed by atoms with E-state index in [0.29, 0.717) is 6.04 Å². The van der Waals surface area contributed by atoms with Gasteiger partial charge < -0.3 is 0 Å². The Bertz CT molecular complexity index is 248. The lowest BCUT2D eigenvalue weighted by molar-refractivity contribution is 0.982. The maximum Gasteiger partial charge on any atom is 0.0944 e. The third-order valence-electron chi connectivity index (χ3n) is 1.52. The summed E-state index contributed by atoms with van der Waals surface area (Å²) in [7, 11) is 0. The highest BCUT2D eigenvalue weighted by molar-refractivity contribution is 8.14. The van der Waals surface area contributed by atoms with Crippen molar-refractivity contribution in [2.45, 2.75) is 6.04 Å². The molecule has 2 heteroatoms. The largest absolute Gasteiger partial charge is 0.274 e. The van der Waals surface area contributed by atoms with Crippen molar-refractivity contribution in [2.75, 3.05) is 0 Å². The zero-order valence-electron chi connectivity index (χ0n) is 5.40. The molecule has 1 unspecified atom stereocenters. The van der Waals surface area contributed by atoms with Gasteiger partial charge in [0, 0.05) is 0 Å². The van der Waals surface area contributed by atoms with Gasteiger partial charge in [-0.3, -0.25) is 4.99 Å². The molecule has 50 valence electrons. The summed E-state index contributed by atoms with van der Waals surface area (Å²) < 4.78 is 0. The Morgan fingerprint density at radius 2 is 2.40 bits per heavy atom. The summed E-state index contributed by atoms with van der Waals surface area (Å²) in [6.45, 7) is 0. The van der Waals surface area contributed by atoms with E-state index >= 15 is 0 Å². The van der Waals surface area contributed by atoms with Crippen molar-refractivity contribution in [3.05, 3.63) is 35.3 Å². The molecular formula is C8H7NS. The van der Waals surface area contributed by atoms with Crippen LogP contribution in [0, 0.1) is 0 Å². The van der Waals surface area contributed by atoms with Crippen molar-refractivity contribution in [3.8, 4) is 0 Å². The van der Waals surface area contributed by atoms with Crippen LogP contribution in [0.25, 0.3) is 0 Å². The molecule has 10 heavy (non-hydrogen) atoms. The lowest BCUT2D eigenvalue weighted by Gasteiger charge is -2.14. The van der Waals surface area contributed by atoms with Crippen molar-refractivity contribution in [2.24, 2.45) is 4.99 Å². The molecule has 1 nitrogen and oxygen atoms in total. The van der Waals surface area contributed by atoms with Crippen LogP contribution in [-0.2, 0) is 0 Å². The van der Waals surface area contributed by atoms with Crippen LogP contribution in [0.3, 0.4) is 0 Å². The molecule has 0 bridgehead atoms. The first-order valence-corrected chi connectivity index (χ1v) is 4.13. The number of nitrogens with zero attached hydrogens (tertiary/aromatic N) is 1. The van der Waals surface area contributed by atoms with E-state index in [9.17, 15) is 0 Å². The van der Waals surface area contributed by atoms with Crippen LogP contribution in [0.15, 0.2) is 40.3 Å². The average Bonchev–Trinajstić information content (AvgIpc) is 2.05. The summed E-state index contributed by atoms with van der Waals surface area (Å²) in [5, 5.41) is 2.14. The first kappa shape index (κ1) is 5.98. The van der Waals surface area contributed by atoms with Crippen molar-refractivity contribution in [3.63, 3.8) is 0 Å². The molecular weight excluding hydrogens is 142 g/mol. The Kier molecular flexibility index (Phi) is 1.47. The molecule has 0 saturated heterocycles. The van der Waals surface area contributed by atoms with Gasteiger partial charge in [-0.1, -0.05) is 36.1 Å². The molecule has 1 atom stereocenters. The number of allylic oxidation sites excluding steroid dienone is 2. The lowest BCUT2D eigenvalue weighted by atomic mass is 10.1. The number of hydrogen-bond donors (Lipinski definition) is 0. The van der Waals surface area contributed by atoms with Crippen LogP contribution in [0.1, 0.15) is 0 Å². The normalized spacial score (nSPS) is 28.0. The Hall–Kier alpha value is -0.760. The smallest absolute Gasteiger partial charge is 0.0944 e. The number of fused-ring (bicyclic) bond motifs is 1. The first-order valence-electron chi connectivity index (χ1n) is 3.19. The standard InChI is InChI=1S/C8H7NS/c1-2-4-8-7(3-1)5-10-6-9-8/h1-6,8H. The molecule has 0 amide bonds. The van der Waals surface area contributed by atoms with E-state index in [2.05, 4.69) is 22.6 Å². The van der Waals surface area contributed by atoms with Crippen molar-refractivity contribution in [1.82, 2.24) is 0 Å². The van der Waals surface area contributed by atoms with E-state index < -0.39 is 0 Å². The molecule has 0 aromatic rings. The Labute approximate surface area is 64.2 Å². The van der Waals surface area contributed by atoms with Gasteiger partial charge >= 0.3 is 0 Å². The SMILES string of the molecule is C1=CC2=CSC=NC2C=C1. The molecule has 0 aromatic carbocycles. The second-order valence-corrected chi connectivity index (χ2v) is 2.92. The van der Waals surface area contributed by atoms with Crippen LogP contribution in [0.4, 0.5) is 0 Å². The second kappa shape index (κ2) is 2.46. The minimum Gasteiger partial charge on any atom is -0.274 e. The van der Waals surface area contributed by atoms with E-state index in [-0.39, 0.29) is 0 Å². The van der Waals surface area contributed by atoms with Gasteiger partial charge in [0.15, 0.2) is 0 Å². The monoisotopic (exact) mass is 149 g/mol. The predicted octanol–water partition coefficient (Wildman–Crippen LogP) is 2.14. The van der Waals surface area contributed by atoms with Crippen LogP contribution >= 0.6 is 11.8 Å². The van der Waals surface area contributed by atoms with Crippen molar-refractivity contribution in [1.29, 1.82) is 0 Å². The number of thioether (sulfide) groups is 1. The Morgan fingerprint density at radius 1 is 1.40 bits per heavy atom. The van der Waals surface area contributed by atoms with E-state index in [0.717, 1.165) is 0 Å². The summed E-state index contributed by atoms with van der Waals surface area (Å²) in [4.78, 5) is 4.28. The molecule has 2 rings (SSSR count). The highest BCUT2D eigenvalue weighted by Crippen LogP contribution is 2.21. The molecule has 2 aliphatic rings. The highest BCUT2D eigenvalue weighted by atomic mass is 32.2. The summed E-state index contributed by atoms with van der Waals surface area (Å²) >= 11 is 1.64. The van der Waals surface area contributed by atoms with Gasteiger partial charge in [0.2, 0.25) is 0 Å². The second-order valence-electron chi connectivity index (χ2n) is 2.20. The predicted molar refractivity (Wildman–Crippen MR) is 46.2 cm³/mol. The van der Waals surface area contributed by atoms with Gasteiger partial charge in [0.25, 0.3) is 0 Å². The van der Waals surface area contributed by atoms with Crippen LogP contribution in [0.5, 0.6) is 0 Å². The zero-order valence-corrected chi connectivity index (χ0v) is 6.21. The lowest BCUT2D eigenvalue weighted by Crippen LogP contribution is -2.07. The summed E-state index contributed by atoms with van der Waals surface area (Å²) in [5.41, 5.74) is 3.19. The van der Waals surface area contributed by atoms with Crippen LogP contribution in [-0.4, -0.2) is 11.6 Å². The maximum absolute atomic E-state index is 4.28. The van der Waals surface area contributed by atoms with E-state index in [1.54, 1.807) is 11.8 Å². The molecule has 0 saturated carbocycles. The summed E-state index contributed by atoms with van der Waals surface area (Å²) in [5.74, 6) is 0. The van der Waals surface area contributed by atoms with Crippen molar-refractivity contribution >= 4 is 17.3 Å². The molecule has 1 aliphatic heterocycles. The Balaban J connectivity index is 2.33. The average molecular weight is 149 g/mol. The fraction of sp³-hybridized carbons (Fsp3) is 0.125. The van der Waals surface area contributed by atoms with E-state index in [1.807, 2.05) is 17.7 Å². The van der Waals surface area contributed by atoms with Crippen molar-refractivity contribution < 1.29 is 0 Å². The van der Waals surface area contributed by atoms with Gasteiger partial charge in [0.05, 0.1) is 11.6 Å². The van der Waals surface area contributed by atoms with Gasteiger partial charge in [-0.15, -0.1) is 0 Å². The van der Waals surface area contributed by atoms with Gasteiger partial charge in [0.1, 0.15) is 0 Å². The van der Waals surface area contributed by atoms with Crippen LogP contribution < -0.4 is 0 Å². The number of hydrogen-bond acceptors (Lipinski definition) is 2. The quantitative estimate of drug-likeness (QED) is 0.514. The molecule has 0 radical (unpaired) electrons. The molecule has 0 aromatic heterocycles. The highest BCUT2D eigenvalue weighted by Gasteiger charge is 2.10. The van der Waals surface area contributed by atoms with Gasteiger partial charge in [-0.2, -0.15) is 0 Å². The number of rotatable bonds is 0. The molecule has 0 N–H and O–H groups in total. The minimum atomic E-state index is 0.297. The van der Waals surface area contributed by atoms with Gasteiger partial charge in [-0.05, 0) is 11.0 Å². The summed E-state index contributed by atoms with van der Waals surface area (Å²) in [6, 6.07) is 0.297. The maximum atomic E-state index is 4.28. The molecule has 1 aliphatic carbocycles. The van der Waals surface area contributed by atoms with Crippen LogP contribution in [0.2, 0.25) is 0 Å². The third-order valence-corrected chi connectivity index (χ3v) is 2.17. The van der Waals surface area contributed by atoms with E-state index in [4.69, 9.17) is 0 Å². The molecule has 0 spiro atoms. The summed E-state index contributed by atoms with van der Waals surface area (Å²) in [6.07, 6.45) is 8.29. The third kappa shape index (κ3) is 0.948. The Morgan fingerprint density at radius 3 is 3.30 bits per heavy atom. The topological polar surface area (TPSA) is 12.4 Å². The van der Waals surface area contributed by atoms with E-state index in [1.165, 1.54) is 5.57 Å². The minimum absolute atomic E-state index is 0.297. The van der Waals surface area contributed by atoms with Gasteiger partial charge in [-0.25, -0.2) is 0 Å².